The highest BCUT2D eigenvalue weighted by atomic mass is 16.5. The van der Waals surface area contributed by atoms with Crippen molar-refractivity contribution in [3.63, 3.8) is 0 Å². The zero-order chi connectivity index (χ0) is 12.1. The van der Waals surface area contributed by atoms with Crippen LogP contribution in [0.15, 0.2) is 0 Å². The first-order valence-electron chi connectivity index (χ1n) is 5.76. The summed E-state index contributed by atoms with van der Waals surface area (Å²) in [5, 5.41) is 0. The van der Waals surface area contributed by atoms with E-state index in [2.05, 4.69) is 28.6 Å². The largest absolute Gasteiger partial charge is 0.468 e. The summed E-state index contributed by atoms with van der Waals surface area (Å²) in [5.41, 5.74) is 5.69. The number of hydrogen-bond acceptors (Lipinski definition) is 5. The van der Waals surface area contributed by atoms with Gasteiger partial charge in [-0.15, -0.1) is 0 Å². The highest BCUT2D eigenvalue weighted by Gasteiger charge is 2.24. The Morgan fingerprint density at radius 2 is 2.31 bits per heavy atom. The van der Waals surface area contributed by atoms with Crippen LogP contribution in [0.1, 0.15) is 12.8 Å². The molecule has 0 bridgehead atoms. The standard InChI is InChI=1S/C11H23N3O2/c1-13(2)9-4-6-14(8-9)7-5-10(12)11(15)16-3/h9-10H,4-8,12H2,1-3H3. The van der Waals surface area contributed by atoms with Gasteiger partial charge in [0.05, 0.1) is 7.11 Å². The van der Waals surface area contributed by atoms with Gasteiger partial charge < -0.3 is 20.3 Å². The van der Waals surface area contributed by atoms with Crippen molar-refractivity contribution >= 4 is 5.97 Å². The molecule has 1 saturated heterocycles. The summed E-state index contributed by atoms with van der Waals surface area (Å²) in [7, 11) is 5.59. The third-order valence-corrected chi connectivity index (χ3v) is 3.24. The summed E-state index contributed by atoms with van der Waals surface area (Å²) >= 11 is 0. The normalized spacial score (nSPS) is 23.7. The Labute approximate surface area is 97.5 Å². The number of nitrogens with zero attached hydrogens (tertiary/aromatic N) is 2. The summed E-state index contributed by atoms with van der Waals surface area (Å²) in [6.07, 6.45) is 1.87. The molecule has 5 heteroatoms. The summed E-state index contributed by atoms with van der Waals surface area (Å²) in [5.74, 6) is -0.316. The number of likely N-dealkylation sites (tertiary alicyclic amines) is 1. The lowest BCUT2D eigenvalue weighted by atomic mass is 10.2. The van der Waals surface area contributed by atoms with Gasteiger partial charge in [-0.25, -0.2) is 0 Å². The molecule has 2 atom stereocenters. The maximum Gasteiger partial charge on any atom is 0.322 e. The van der Waals surface area contributed by atoms with Crippen LogP contribution in [0.4, 0.5) is 0 Å². The van der Waals surface area contributed by atoms with Crippen LogP contribution in [0.25, 0.3) is 0 Å². The Hall–Kier alpha value is -0.650. The van der Waals surface area contributed by atoms with E-state index in [-0.39, 0.29) is 5.97 Å². The Morgan fingerprint density at radius 1 is 1.62 bits per heavy atom. The van der Waals surface area contributed by atoms with E-state index < -0.39 is 6.04 Å². The van der Waals surface area contributed by atoms with Gasteiger partial charge in [0.1, 0.15) is 6.04 Å². The summed E-state index contributed by atoms with van der Waals surface area (Å²) in [4.78, 5) is 15.7. The van der Waals surface area contributed by atoms with Gasteiger partial charge in [0.15, 0.2) is 0 Å². The SMILES string of the molecule is COC(=O)C(N)CCN1CCC(N(C)C)C1. The third-order valence-electron chi connectivity index (χ3n) is 3.24. The second-order valence-corrected chi connectivity index (χ2v) is 4.63. The lowest BCUT2D eigenvalue weighted by Crippen LogP contribution is -2.37. The lowest BCUT2D eigenvalue weighted by molar-refractivity contribution is -0.142. The van der Waals surface area contributed by atoms with E-state index in [9.17, 15) is 4.79 Å². The number of hydrogen-bond donors (Lipinski definition) is 1. The van der Waals surface area contributed by atoms with Gasteiger partial charge in [0, 0.05) is 19.1 Å². The molecule has 0 aromatic carbocycles. The Morgan fingerprint density at radius 3 is 2.81 bits per heavy atom. The van der Waals surface area contributed by atoms with Crippen LogP contribution < -0.4 is 5.73 Å². The minimum absolute atomic E-state index is 0.316. The van der Waals surface area contributed by atoms with Crippen LogP contribution in [0, 0.1) is 0 Å². The highest BCUT2D eigenvalue weighted by molar-refractivity contribution is 5.75. The molecule has 0 radical (unpaired) electrons. The Balaban J connectivity index is 2.22. The number of nitrogens with two attached hydrogens (primary N) is 1. The molecule has 0 spiro atoms. The average Bonchev–Trinajstić information content (AvgIpc) is 2.73. The lowest BCUT2D eigenvalue weighted by Gasteiger charge is -2.21. The van der Waals surface area contributed by atoms with Crippen molar-refractivity contribution in [1.29, 1.82) is 0 Å². The first-order valence-corrected chi connectivity index (χ1v) is 5.76. The van der Waals surface area contributed by atoms with E-state index >= 15 is 0 Å². The van der Waals surface area contributed by atoms with Crippen molar-refractivity contribution in [1.82, 2.24) is 9.80 Å². The summed E-state index contributed by atoms with van der Waals surface area (Å²) < 4.78 is 4.60. The molecule has 0 aliphatic carbocycles. The van der Waals surface area contributed by atoms with Crippen molar-refractivity contribution in [2.45, 2.75) is 24.9 Å². The molecule has 0 aromatic heterocycles. The number of ether oxygens (including phenoxy) is 1. The maximum absolute atomic E-state index is 11.1. The minimum Gasteiger partial charge on any atom is -0.468 e. The molecular formula is C11H23N3O2. The highest BCUT2D eigenvalue weighted by Crippen LogP contribution is 2.13. The Bertz CT molecular complexity index is 233. The summed E-state index contributed by atoms with van der Waals surface area (Å²) in [6, 6.07) is 0.151. The smallest absolute Gasteiger partial charge is 0.322 e. The second kappa shape index (κ2) is 6.18. The van der Waals surface area contributed by atoms with E-state index in [0.717, 1.165) is 19.6 Å². The van der Waals surface area contributed by atoms with E-state index in [1.807, 2.05) is 0 Å². The summed E-state index contributed by atoms with van der Waals surface area (Å²) in [6.45, 7) is 3.04. The monoisotopic (exact) mass is 229 g/mol. The fraction of sp³-hybridized carbons (Fsp3) is 0.909. The molecule has 1 aliphatic heterocycles. The molecular weight excluding hydrogens is 206 g/mol. The van der Waals surface area contributed by atoms with Gasteiger partial charge in [-0.05, 0) is 33.5 Å². The van der Waals surface area contributed by atoms with E-state index in [4.69, 9.17) is 5.73 Å². The molecule has 1 rings (SSSR count). The number of rotatable bonds is 5. The van der Waals surface area contributed by atoms with E-state index in [0.29, 0.717) is 12.5 Å². The van der Waals surface area contributed by atoms with Gasteiger partial charge >= 0.3 is 5.97 Å². The predicted octanol–water partition coefficient (Wildman–Crippen LogP) is -0.487. The number of carbonyl (C=O) groups is 1. The van der Waals surface area contributed by atoms with Gasteiger partial charge in [-0.2, -0.15) is 0 Å². The van der Waals surface area contributed by atoms with Crippen LogP contribution >= 0.6 is 0 Å². The fourth-order valence-corrected chi connectivity index (χ4v) is 2.03. The van der Waals surface area contributed by atoms with Gasteiger partial charge in [-0.1, -0.05) is 0 Å². The van der Waals surface area contributed by atoms with E-state index in [1.165, 1.54) is 13.5 Å². The number of esters is 1. The quantitative estimate of drug-likeness (QED) is 0.645. The molecule has 16 heavy (non-hydrogen) atoms. The predicted molar refractivity (Wildman–Crippen MR) is 63.1 cm³/mol. The zero-order valence-electron chi connectivity index (χ0n) is 10.5. The van der Waals surface area contributed by atoms with Crippen LogP contribution in [-0.4, -0.2) is 68.7 Å². The average molecular weight is 229 g/mol. The molecule has 1 heterocycles. The molecule has 1 fully saturated rings. The number of methoxy groups -OCH3 is 1. The van der Waals surface area contributed by atoms with Crippen molar-refractivity contribution in [2.75, 3.05) is 40.8 Å². The van der Waals surface area contributed by atoms with Gasteiger partial charge in [0.2, 0.25) is 0 Å². The molecule has 2 unspecified atom stereocenters. The second-order valence-electron chi connectivity index (χ2n) is 4.63. The molecule has 94 valence electrons. The first-order chi connectivity index (χ1) is 7.54. The van der Waals surface area contributed by atoms with Gasteiger partial charge in [-0.3, -0.25) is 4.79 Å². The Kier molecular flexibility index (Phi) is 5.18. The van der Waals surface area contributed by atoms with Crippen LogP contribution in [0.3, 0.4) is 0 Å². The molecule has 1 aliphatic rings. The van der Waals surface area contributed by atoms with Crippen LogP contribution in [-0.2, 0) is 9.53 Å². The first kappa shape index (κ1) is 13.4. The molecule has 0 amide bonds. The molecule has 0 aromatic rings. The maximum atomic E-state index is 11.1. The third kappa shape index (κ3) is 3.73. The van der Waals surface area contributed by atoms with Gasteiger partial charge in [0.25, 0.3) is 0 Å². The van der Waals surface area contributed by atoms with Crippen LogP contribution in [0.5, 0.6) is 0 Å². The topological polar surface area (TPSA) is 58.8 Å². The molecule has 2 N–H and O–H groups in total. The van der Waals surface area contributed by atoms with Crippen molar-refractivity contribution < 1.29 is 9.53 Å². The fourth-order valence-electron chi connectivity index (χ4n) is 2.03. The van der Waals surface area contributed by atoms with Crippen molar-refractivity contribution in [3.05, 3.63) is 0 Å². The number of carbonyl (C=O) groups excluding carboxylic acids is 1. The molecule has 5 nitrogen and oxygen atoms in total. The zero-order valence-corrected chi connectivity index (χ0v) is 10.5. The van der Waals surface area contributed by atoms with Crippen molar-refractivity contribution in [2.24, 2.45) is 5.73 Å². The molecule has 0 saturated carbocycles. The van der Waals surface area contributed by atoms with Crippen LogP contribution in [0.2, 0.25) is 0 Å². The van der Waals surface area contributed by atoms with E-state index in [1.54, 1.807) is 0 Å². The number of likely N-dealkylation sites (N-methyl/N-ethyl adjacent to an activating group) is 1. The van der Waals surface area contributed by atoms with Crippen molar-refractivity contribution in [3.8, 4) is 0 Å². The minimum atomic E-state index is -0.483.